The van der Waals surface area contributed by atoms with E-state index >= 15 is 0 Å². The maximum atomic E-state index is 11.5. The van der Waals surface area contributed by atoms with Crippen LogP contribution in [0.3, 0.4) is 0 Å². The Morgan fingerprint density at radius 3 is 2.30 bits per heavy atom. The zero-order chi connectivity index (χ0) is 16.6. The van der Waals surface area contributed by atoms with Crippen LogP contribution in [-0.2, 0) is 4.79 Å². The van der Waals surface area contributed by atoms with Crippen molar-refractivity contribution in [3.63, 3.8) is 0 Å². The standard InChI is InChI=1S/C16H10Cl4N2O/c17-10-3-1-9(2-4-10)15-8-13(16(20)23)21-22(15)14-6-5-11(18)7-12(14)19/h1-7,15H,8H2. The smallest absolute Gasteiger partial charge is 0.268 e. The van der Waals surface area contributed by atoms with Gasteiger partial charge in [0.05, 0.1) is 16.8 Å². The van der Waals surface area contributed by atoms with Crippen molar-refractivity contribution in [1.82, 2.24) is 0 Å². The minimum Gasteiger partial charge on any atom is -0.274 e. The first-order chi connectivity index (χ1) is 11.0. The lowest BCUT2D eigenvalue weighted by Crippen LogP contribution is -2.18. The van der Waals surface area contributed by atoms with Gasteiger partial charge in [0, 0.05) is 16.5 Å². The lowest BCUT2D eigenvalue weighted by atomic mass is 10.0. The quantitative estimate of drug-likeness (QED) is 0.631. The van der Waals surface area contributed by atoms with Crippen LogP contribution in [0.1, 0.15) is 18.0 Å². The average Bonchev–Trinajstić information content (AvgIpc) is 2.93. The van der Waals surface area contributed by atoms with E-state index in [4.69, 9.17) is 46.4 Å². The van der Waals surface area contributed by atoms with Crippen LogP contribution < -0.4 is 5.01 Å². The van der Waals surface area contributed by atoms with Gasteiger partial charge in [-0.05, 0) is 47.5 Å². The molecule has 3 rings (SSSR count). The second kappa shape index (κ2) is 6.70. The van der Waals surface area contributed by atoms with E-state index in [1.165, 1.54) is 0 Å². The molecule has 1 aliphatic heterocycles. The Morgan fingerprint density at radius 2 is 1.70 bits per heavy atom. The number of carbonyl (C=O) groups is 1. The van der Waals surface area contributed by atoms with Crippen LogP contribution >= 0.6 is 46.4 Å². The maximum absolute atomic E-state index is 11.5. The largest absolute Gasteiger partial charge is 0.274 e. The molecule has 2 aromatic carbocycles. The molecule has 1 atom stereocenters. The van der Waals surface area contributed by atoms with E-state index in [9.17, 15) is 4.79 Å². The number of hydrogen-bond donors (Lipinski definition) is 0. The highest BCUT2D eigenvalue weighted by Crippen LogP contribution is 2.40. The normalized spacial score (nSPS) is 17.3. The molecule has 7 heteroatoms. The number of carbonyl (C=O) groups excluding carboxylic acids is 1. The van der Waals surface area contributed by atoms with Gasteiger partial charge in [-0.2, -0.15) is 5.10 Å². The SMILES string of the molecule is O=C(Cl)C1=NN(c2ccc(Cl)cc2Cl)C(c2ccc(Cl)cc2)C1. The van der Waals surface area contributed by atoms with Crippen molar-refractivity contribution in [2.24, 2.45) is 5.10 Å². The van der Waals surface area contributed by atoms with Crippen LogP contribution in [-0.4, -0.2) is 11.0 Å². The maximum Gasteiger partial charge on any atom is 0.268 e. The third kappa shape index (κ3) is 3.48. The van der Waals surface area contributed by atoms with Gasteiger partial charge in [-0.3, -0.25) is 9.80 Å². The molecule has 0 aliphatic carbocycles. The summed E-state index contributed by atoms with van der Waals surface area (Å²) in [5.74, 6) is 0. The van der Waals surface area contributed by atoms with Crippen LogP contribution in [0.5, 0.6) is 0 Å². The Labute approximate surface area is 153 Å². The van der Waals surface area contributed by atoms with Crippen LogP contribution in [0.15, 0.2) is 47.6 Å². The van der Waals surface area contributed by atoms with Crippen molar-refractivity contribution in [2.75, 3.05) is 5.01 Å². The van der Waals surface area contributed by atoms with E-state index in [0.29, 0.717) is 27.2 Å². The van der Waals surface area contributed by atoms with E-state index < -0.39 is 5.24 Å². The Kier molecular flexibility index (Phi) is 4.83. The number of halogens is 4. The molecule has 1 aliphatic rings. The Bertz CT molecular complexity index is 789. The molecule has 2 aromatic rings. The summed E-state index contributed by atoms with van der Waals surface area (Å²) in [6, 6.07) is 12.3. The third-order valence-electron chi connectivity index (χ3n) is 3.55. The first kappa shape index (κ1) is 16.6. The van der Waals surface area contributed by atoms with Crippen molar-refractivity contribution < 1.29 is 4.79 Å². The van der Waals surface area contributed by atoms with Gasteiger partial charge in [0.25, 0.3) is 5.24 Å². The minimum atomic E-state index is -0.573. The molecule has 0 radical (unpaired) electrons. The first-order valence-corrected chi connectivity index (χ1v) is 8.24. The Balaban J connectivity index is 2.04. The van der Waals surface area contributed by atoms with Crippen molar-refractivity contribution in [3.05, 3.63) is 63.1 Å². The van der Waals surface area contributed by atoms with E-state index in [0.717, 1.165) is 5.56 Å². The number of anilines is 1. The van der Waals surface area contributed by atoms with Crippen molar-refractivity contribution >= 4 is 63.0 Å². The molecule has 0 saturated carbocycles. The number of nitrogens with zero attached hydrogens (tertiary/aromatic N) is 2. The molecule has 0 spiro atoms. The summed E-state index contributed by atoms with van der Waals surface area (Å²) in [4.78, 5) is 11.5. The summed E-state index contributed by atoms with van der Waals surface area (Å²) in [7, 11) is 0. The molecule has 1 heterocycles. The first-order valence-electron chi connectivity index (χ1n) is 6.73. The molecular formula is C16H10Cl4N2O. The van der Waals surface area contributed by atoms with Crippen molar-refractivity contribution in [2.45, 2.75) is 12.5 Å². The lowest BCUT2D eigenvalue weighted by molar-refractivity contribution is -0.106. The second-order valence-corrected chi connectivity index (χ2v) is 6.66. The molecular weight excluding hydrogens is 378 g/mol. The molecule has 0 amide bonds. The van der Waals surface area contributed by atoms with Gasteiger partial charge in [-0.1, -0.05) is 46.9 Å². The van der Waals surface area contributed by atoms with Gasteiger partial charge < -0.3 is 0 Å². The Morgan fingerprint density at radius 1 is 1.04 bits per heavy atom. The zero-order valence-electron chi connectivity index (χ0n) is 11.6. The van der Waals surface area contributed by atoms with Crippen molar-refractivity contribution in [3.8, 4) is 0 Å². The van der Waals surface area contributed by atoms with Gasteiger partial charge in [0.15, 0.2) is 0 Å². The van der Waals surface area contributed by atoms with Crippen molar-refractivity contribution in [1.29, 1.82) is 0 Å². The van der Waals surface area contributed by atoms with Gasteiger partial charge in [0.1, 0.15) is 5.71 Å². The molecule has 118 valence electrons. The number of benzene rings is 2. The Hall–Kier alpha value is -1.26. The summed E-state index contributed by atoms with van der Waals surface area (Å²) in [6.07, 6.45) is 0.392. The fourth-order valence-corrected chi connectivity index (χ4v) is 3.20. The van der Waals surface area contributed by atoms with Crippen LogP contribution in [0.2, 0.25) is 15.1 Å². The highest BCUT2D eigenvalue weighted by atomic mass is 35.5. The average molecular weight is 388 g/mol. The van der Waals surface area contributed by atoms with E-state index in [-0.39, 0.29) is 11.8 Å². The highest BCUT2D eigenvalue weighted by Gasteiger charge is 2.32. The molecule has 0 N–H and O–H groups in total. The molecule has 0 saturated heterocycles. The lowest BCUT2D eigenvalue weighted by Gasteiger charge is -2.25. The molecule has 3 nitrogen and oxygen atoms in total. The highest BCUT2D eigenvalue weighted by molar-refractivity contribution is 6.82. The number of hydrogen-bond acceptors (Lipinski definition) is 3. The van der Waals surface area contributed by atoms with Gasteiger partial charge in [-0.15, -0.1) is 0 Å². The van der Waals surface area contributed by atoms with E-state index in [1.54, 1.807) is 35.3 Å². The summed E-state index contributed by atoms with van der Waals surface area (Å²) in [6.45, 7) is 0. The summed E-state index contributed by atoms with van der Waals surface area (Å²) in [5.41, 5.74) is 1.90. The fourth-order valence-electron chi connectivity index (χ4n) is 2.46. The van der Waals surface area contributed by atoms with Crippen LogP contribution in [0.25, 0.3) is 0 Å². The van der Waals surface area contributed by atoms with Gasteiger partial charge >= 0.3 is 0 Å². The molecule has 0 fully saturated rings. The topological polar surface area (TPSA) is 32.7 Å². The zero-order valence-corrected chi connectivity index (χ0v) is 14.7. The van der Waals surface area contributed by atoms with Crippen LogP contribution in [0, 0.1) is 0 Å². The molecule has 0 aromatic heterocycles. The summed E-state index contributed by atoms with van der Waals surface area (Å²) < 4.78 is 0. The van der Waals surface area contributed by atoms with Gasteiger partial charge in [-0.25, -0.2) is 0 Å². The predicted octanol–water partition coefficient (Wildman–Crippen LogP) is 5.72. The monoisotopic (exact) mass is 386 g/mol. The summed E-state index contributed by atoms with van der Waals surface area (Å²) >= 11 is 23.8. The van der Waals surface area contributed by atoms with E-state index in [1.807, 2.05) is 12.1 Å². The number of rotatable bonds is 3. The minimum absolute atomic E-state index is 0.191. The number of hydrazone groups is 1. The van der Waals surface area contributed by atoms with Gasteiger partial charge in [0.2, 0.25) is 0 Å². The fraction of sp³-hybridized carbons (Fsp3) is 0.125. The van der Waals surface area contributed by atoms with E-state index in [2.05, 4.69) is 5.10 Å². The third-order valence-corrected chi connectivity index (χ3v) is 4.56. The second-order valence-electron chi connectivity index (χ2n) is 5.03. The predicted molar refractivity (Wildman–Crippen MR) is 96.0 cm³/mol. The molecule has 1 unspecified atom stereocenters. The molecule has 23 heavy (non-hydrogen) atoms. The summed E-state index contributed by atoms with van der Waals surface area (Å²) in [5, 5.41) is 7.07. The molecule has 0 bridgehead atoms. The van der Waals surface area contributed by atoms with Crippen LogP contribution in [0.4, 0.5) is 5.69 Å².